The smallest absolute Gasteiger partial charge is 0.186 e. The van der Waals surface area contributed by atoms with Gasteiger partial charge in [-0.1, -0.05) is 65.3 Å². The molecule has 0 aromatic heterocycles. The molecule has 4 N–H and O–H groups in total. The lowest BCUT2D eigenvalue weighted by molar-refractivity contribution is -0.313. The Kier molecular flexibility index (Phi) is 9.51. The molecular weight excluding hydrogens is 516 g/mol. The minimum atomic E-state index is -1.40. The number of fused-ring (bicyclic) bond motifs is 5. The second-order valence-corrected chi connectivity index (χ2v) is 15.2. The highest BCUT2D eigenvalue weighted by Crippen LogP contribution is 2.67. The van der Waals surface area contributed by atoms with E-state index in [2.05, 4.69) is 59.8 Å². The van der Waals surface area contributed by atoms with E-state index in [9.17, 15) is 20.4 Å². The molecule has 41 heavy (non-hydrogen) atoms. The van der Waals surface area contributed by atoms with Crippen LogP contribution in [0.25, 0.3) is 0 Å². The van der Waals surface area contributed by atoms with E-state index in [4.69, 9.17) is 9.47 Å². The van der Waals surface area contributed by atoms with Crippen molar-refractivity contribution in [3.05, 3.63) is 23.8 Å². The number of hydrogen-bond acceptors (Lipinski definition) is 6. The largest absolute Gasteiger partial charge is 0.394 e. The van der Waals surface area contributed by atoms with Gasteiger partial charge in [0.05, 0.1) is 12.7 Å². The molecule has 234 valence electrons. The summed E-state index contributed by atoms with van der Waals surface area (Å²) >= 11 is 0. The second kappa shape index (κ2) is 12.3. The Morgan fingerprint density at radius 2 is 1.73 bits per heavy atom. The lowest BCUT2D eigenvalue weighted by atomic mass is 9.47. The normalized spacial score (nSPS) is 47.9. The fourth-order valence-corrected chi connectivity index (χ4v) is 10.3. The van der Waals surface area contributed by atoms with Crippen LogP contribution in [0.1, 0.15) is 99.3 Å². The first-order valence-electron chi connectivity index (χ1n) is 16.8. The van der Waals surface area contributed by atoms with Gasteiger partial charge in [0.1, 0.15) is 24.4 Å². The third kappa shape index (κ3) is 5.64. The van der Waals surface area contributed by atoms with Crippen LogP contribution in [0.2, 0.25) is 0 Å². The predicted octanol–water partition coefficient (Wildman–Crippen LogP) is 5.63. The van der Waals surface area contributed by atoms with Gasteiger partial charge in [0, 0.05) is 0 Å². The zero-order chi connectivity index (χ0) is 29.7. The molecule has 4 aliphatic carbocycles. The molecule has 3 saturated carbocycles. The third-order valence-corrected chi connectivity index (χ3v) is 12.9. The summed E-state index contributed by atoms with van der Waals surface area (Å²) in [4.78, 5) is 0. The minimum Gasteiger partial charge on any atom is -0.394 e. The summed E-state index contributed by atoms with van der Waals surface area (Å²) < 4.78 is 11.9. The first kappa shape index (κ1) is 31.7. The molecule has 0 amide bonds. The quantitative estimate of drug-likeness (QED) is 0.281. The van der Waals surface area contributed by atoms with Crippen molar-refractivity contribution in [1.82, 2.24) is 0 Å². The topological polar surface area (TPSA) is 99.4 Å². The second-order valence-electron chi connectivity index (χ2n) is 15.2. The SMILES string of the molecule is CCC(/C=C/C(C)C1CCC2C3CC=C4CC(O[C@@H]5OC(CO)[C@@H](O)C(O)C5O)CCC4(C)C3CCC12C)C(C)C. The first-order chi connectivity index (χ1) is 19.4. The van der Waals surface area contributed by atoms with Gasteiger partial charge in [-0.05, 0) is 110 Å². The number of aliphatic hydroxyl groups excluding tert-OH is 4. The fraction of sp³-hybridized carbons (Fsp3) is 0.886. The number of aliphatic hydroxyl groups is 4. The van der Waals surface area contributed by atoms with E-state index in [1.54, 1.807) is 0 Å². The molecule has 14 atom stereocenters. The lowest BCUT2D eigenvalue weighted by Gasteiger charge is -2.58. The standard InChI is InChI=1S/C35H58O6/c1-7-22(20(2)3)9-8-21(4)26-12-13-27-25-11-10-23-18-24(14-16-34(23,5)28(25)15-17-35(26,27)6)40-33-32(39)31(38)30(37)29(19-36)41-33/h8-10,20-22,24-33,36-39H,7,11-19H2,1-6H3/b9-8+/t21?,22?,24?,25?,26?,27?,28?,29?,30-,31?,32?,33-,34?,35?/m1/s1. The Hall–Kier alpha value is -0.760. The maximum atomic E-state index is 10.5. The van der Waals surface area contributed by atoms with E-state index in [0.29, 0.717) is 29.1 Å². The third-order valence-electron chi connectivity index (χ3n) is 12.9. The van der Waals surface area contributed by atoms with Crippen LogP contribution in [-0.4, -0.2) is 63.8 Å². The summed E-state index contributed by atoms with van der Waals surface area (Å²) in [6.07, 6.45) is 11.9. The molecule has 0 spiro atoms. The minimum absolute atomic E-state index is 0.109. The van der Waals surface area contributed by atoms with Crippen molar-refractivity contribution < 1.29 is 29.9 Å². The number of allylic oxidation sites excluding steroid dienone is 3. The Balaban J connectivity index is 1.26. The van der Waals surface area contributed by atoms with Crippen LogP contribution < -0.4 is 0 Å². The zero-order valence-corrected chi connectivity index (χ0v) is 26.4. The van der Waals surface area contributed by atoms with Gasteiger partial charge >= 0.3 is 0 Å². The Morgan fingerprint density at radius 1 is 0.976 bits per heavy atom. The van der Waals surface area contributed by atoms with Crippen molar-refractivity contribution >= 4 is 0 Å². The molecule has 1 heterocycles. The van der Waals surface area contributed by atoms with Gasteiger partial charge in [-0.2, -0.15) is 0 Å². The van der Waals surface area contributed by atoms with Gasteiger partial charge in [-0.25, -0.2) is 0 Å². The van der Waals surface area contributed by atoms with Crippen molar-refractivity contribution in [3.8, 4) is 0 Å². The van der Waals surface area contributed by atoms with Crippen LogP contribution in [0.4, 0.5) is 0 Å². The van der Waals surface area contributed by atoms with Crippen LogP contribution in [0.5, 0.6) is 0 Å². The van der Waals surface area contributed by atoms with Crippen molar-refractivity contribution in [1.29, 1.82) is 0 Å². The van der Waals surface area contributed by atoms with Crippen molar-refractivity contribution in [2.45, 2.75) is 136 Å². The van der Waals surface area contributed by atoms with E-state index in [-0.39, 0.29) is 11.5 Å². The number of ether oxygens (including phenoxy) is 2. The molecule has 1 saturated heterocycles. The van der Waals surface area contributed by atoms with Crippen LogP contribution in [0.3, 0.4) is 0 Å². The van der Waals surface area contributed by atoms with Crippen LogP contribution >= 0.6 is 0 Å². The van der Waals surface area contributed by atoms with E-state index in [0.717, 1.165) is 43.4 Å². The van der Waals surface area contributed by atoms with E-state index < -0.39 is 37.3 Å². The van der Waals surface area contributed by atoms with Crippen molar-refractivity contribution in [2.75, 3.05) is 6.61 Å². The monoisotopic (exact) mass is 574 g/mol. The molecule has 4 fully saturated rings. The molecular formula is C35H58O6. The summed E-state index contributed by atoms with van der Waals surface area (Å²) in [6.45, 7) is 14.2. The molecule has 0 aromatic rings. The first-order valence-corrected chi connectivity index (χ1v) is 16.8. The van der Waals surface area contributed by atoms with E-state index >= 15 is 0 Å². The molecule has 0 aromatic carbocycles. The van der Waals surface area contributed by atoms with Gasteiger partial charge in [0.2, 0.25) is 0 Å². The predicted molar refractivity (Wildman–Crippen MR) is 161 cm³/mol. The van der Waals surface area contributed by atoms with Crippen LogP contribution in [0, 0.1) is 52.3 Å². The van der Waals surface area contributed by atoms with Gasteiger partial charge in [-0.15, -0.1) is 0 Å². The molecule has 6 nitrogen and oxygen atoms in total. The molecule has 5 rings (SSSR count). The molecule has 0 bridgehead atoms. The van der Waals surface area contributed by atoms with Crippen LogP contribution in [-0.2, 0) is 9.47 Å². The van der Waals surface area contributed by atoms with Gasteiger partial charge in [-0.3, -0.25) is 0 Å². The molecule has 1 aliphatic heterocycles. The van der Waals surface area contributed by atoms with Gasteiger partial charge in [0.15, 0.2) is 6.29 Å². The Morgan fingerprint density at radius 3 is 2.41 bits per heavy atom. The fourth-order valence-electron chi connectivity index (χ4n) is 10.3. The average molecular weight is 575 g/mol. The van der Waals surface area contributed by atoms with Crippen molar-refractivity contribution in [2.24, 2.45) is 52.3 Å². The Bertz CT molecular complexity index is 960. The van der Waals surface area contributed by atoms with E-state index in [1.807, 2.05) is 0 Å². The number of rotatable bonds is 8. The highest BCUT2D eigenvalue weighted by molar-refractivity contribution is 5.25. The molecule has 5 aliphatic rings. The summed E-state index contributed by atoms with van der Waals surface area (Å²) in [7, 11) is 0. The summed E-state index contributed by atoms with van der Waals surface area (Å²) in [5, 5.41) is 40.4. The molecule has 6 heteroatoms. The summed E-state index contributed by atoms with van der Waals surface area (Å²) in [5.74, 6) is 5.05. The highest BCUT2D eigenvalue weighted by atomic mass is 16.7. The highest BCUT2D eigenvalue weighted by Gasteiger charge is 2.59. The zero-order valence-electron chi connectivity index (χ0n) is 26.4. The van der Waals surface area contributed by atoms with Crippen molar-refractivity contribution in [3.63, 3.8) is 0 Å². The van der Waals surface area contributed by atoms with Gasteiger partial charge in [0.25, 0.3) is 0 Å². The molecule has 12 unspecified atom stereocenters. The maximum Gasteiger partial charge on any atom is 0.186 e. The van der Waals surface area contributed by atoms with Crippen LogP contribution in [0.15, 0.2) is 23.8 Å². The summed E-state index contributed by atoms with van der Waals surface area (Å²) in [6, 6.07) is 0. The summed E-state index contributed by atoms with van der Waals surface area (Å²) in [5.41, 5.74) is 2.11. The lowest BCUT2D eigenvalue weighted by Crippen LogP contribution is -2.60. The molecule has 0 radical (unpaired) electrons. The van der Waals surface area contributed by atoms with Gasteiger partial charge < -0.3 is 29.9 Å². The van der Waals surface area contributed by atoms with E-state index in [1.165, 1.54) is 37.7 Å². The maximum absolute atomic E-state index is 10.5. The average Bonchev–Trinajstić information content (AvgIpc) is 3.30. The Labute approximate surface area is 248 Å². The number of hydrogen-bond donors (Lipinski definition) is 4.